The van der Waals surface area contributed by atoms with Crippen molar-refractivity contribution in [2.75, 3.05) is 9.80 Å². The lowest BCUT2D eigenvalue weighted by Gasteiger charge is -2.59. The van der Waals surface area contributed by atoms with Crippen LogP contribution in [0.1, 0.15) is 24.2 Å². The molecule has 3 aromatic rings. The standard InChI is InChI=1S/C34H27N3O6/c1-19(38)23-18-34(35-28(39)20-12-6-3-7-13-20)26-24(29(40)36(31(26)42)21-14-8-4-9-15-21)33(23,2)25-27(34)32(43)37(30(25)41)22-16-10-5-11-17-22/h3-18,24-27H,1-2H3,(H,35,39). The predicted octanol–water partition coefficient (Wildman–Crippen LogP) is 3.32. The molecule has 43 heavy (non-hydrogen) atoms. The summed E-state index contributed by atoms with van der Waals surface area (Å²) < 4.78 is 0. The molecule has 2 bridgehead atoms. The third-order valence-electron chi connectivity index (χ3n) is 9.67. The minimum atomic E-state index is -1.84. The van der Waals surface area contributed by atoms with Crippen molar-refractivity contribution < 1.29 is 28.8 Å². The van der Waals surface area contributed by atoms with E-state index in [2.05, 4.69) is 5.32 Å². The number of carbonyl (C=O) groups excluding carboxylic acids is 6. The summed E-state index contributed by atoms with van der Waals surface area (Å²) in [7, 11) is 0. The number of hydrogen-bond donors (Lipinski definition) is 1. The number of imide groups is 2. The Kier molecular flexibility index (Phi) is 5.69. The molecule has 4 unspecified atom stereocenters. The van der Waals surface area contributed by atoms with Gasteiger partial charge in [-0.15, -0.1) is 0 Å². The molecule has 214 valence electrons. The zero-order valence-corrected chi connectivity index (χ0v) is 23.4. The Bertz CT molecular complexity index is 1680. The summed E-state index contributed by atoms with van der Waals surface area (Å²) in [5.41, 5.74) is -2.26. The van der Waals surface area contributed by atoms with E-state index in [1.165, 1.54) is 13.0 Å². The molecule has 2 aliphatic heterocycles. The van der Waals surface area contributed by atoms with E-state index in [1.54, 1.807) is 97.9 Å². The maximum absolute atomic E-state index is 14.4. The van der Waals surface area contributed by atoms with E-state index >= 15 is 0 Å². The molecule has 9 nitrogen and oxygen atoms in total. The zero-order valence-electron chi connectivity index (χ0n) is 23.4. The van der Waals surface area contributed by atoms with Crippen LogP contribution in [0.3, 0.4) is 0 Å². The molecule has 1 saturated carbocycles. The monoisotopic (exact) mass is 573 g/mol. The van der Waals surface area contributed by atoms with Gasteiger partial charge in [-0.1, -0.05) is 67.6 Å². The van der Waals surface area contributed by atoms with Gasteiger partial charge < -0.3 is 5.32 Å². The summed E-state index contributed by atoms with van der Waals surface area (Å²) in [6.07, 6.45) is 1.50. The Balaban J connectivity index is 1.49. The van der Waals surface area contributed by atoms with Crippen molar-refractivity contribution in [3.05, 3.63) is 108 Å². The van der Waals surface area contributed by atoms with E-state index in [0.717, 1.165) is 9.80 Å². The van der Waals surface area contributed by atoms with E-state index in [4.69, 9.17) is 0 Å². The maximum atomic E-state index is 14.4. The van der Waals surface area contributed by atoms with Crippen LogP contribution in [0.4, 0.5) is 11.4 Å². The molecule has 0 aromatic heterocycles. The largest absolute Gasteiger partial charge is 0.341 e. The van der Waals surface area contributed by atoms with Crippen molar-refractivity contribution in [3.63, 3.8) is 0 Å². The summed E-state index contributed by atoms with van der Waals surface area (Å²) >= 11 is 0. The van der Waals surface area contributed by atoms with Crippen LogP contribution in [0.2, 0.25) is 0 Å². The summed E-state index contributed by atoms with van der Waals surface area (Å²) in [5, 5.41) is 2.96. The van der Waals surface area contributed by atoms with E-state index in [1.807, 2.05) is 0 Å². The minimum absolute atomic E-state index is 0.149. The topological polar surface area (TPSA) is 121 Å². The number of benzene rings is 3. The lowest BCUT2D eigenvalue weighted by atomic mass is 9.41. The highest BCUT2D eigenvalue weighted by Crippen LogP contribution is 2.68. The lowest BCUT2D eigenvalue weighted by molar-refractivity contribution is -0.152. The zero-order chi connectivity index (χ0) is 30.3. The molecule has 0 spiro atoms. The Hall–Kier alpha value is -5.18. The molecule has 4 atom stereocenters. The maximum Gasteiger partial charge on any atom is 0.252 e. The van der Waals surface area contributed by atoms with Gasteiger partial charge in [0.1, 0.15) is 0 Å². The number of allylic oxidation sites excluding steroid dienone is 1. The molecule has 5 amide bonds. The molecule has 2 heterocycles. The first-order valence-corrected chi connectivity index (χ1v) is 14.1. The number of hydrogen-bond acceptors (Lipinski definition) is 6. The van der Waals surface area contributed by atoms with E-state index in [-0.39, 0.29) is 11.1 Å². The fraction of sp³-hybridized carbons (Fsp3) is 0.235. The number of Topliss-reactive ketones (excluding diaryl/α,β-unsaturated/α-hetero) is 1. The third-order valence-corrected chi connectivity index (χ3v) is 9.67. The number of carbonyl (C=O) groups is 6. The number of nitrogens with one attached hydrogen (secondary N) is 1. The van der Waals surface area contributed by atoms with Crippen molar-refractivity contribution >= 4 is 46.7 Å². The van der Waals surface area contributed by atoms with Crippen LogP contribution in [0.25, 0.3) is 0 Å². The lowest BCUT2D eigenvalue weighted by Crippen LogP contribution is -2.73. The number of ketones is 1. The first kappa shape index (κ1) is 26.7. The molecule has 3 aliphatic carbocycles. The van der Waals surface area contributed by atoms with Gasteiger partial charge >= 0.3 is 0 Å². The van der Waals surface area contributed by atoms with Crippen LogP contribution >= 0.6 is 0 Å². The highest BCUT2D eigenvalue weighted by Gasteiger charge is 2.80. The molecule has 3 fully saturated rings. The van der Waals surface area contributed by atoms with Crippen molar-refractivity contribution in [1.82, 2.24) is 5.32 Å². The molecule has 2 saturated heterocycles. The minimum Gasteiger partial charge on any atom is -0.341 e. The van der Waals surface area contributed by atoms with E-state index in [9.17, 15) is 28.8 Å². The summed E-state index contributed by atoms with van der Waals surface area (Å²) in [6.45, 7) is 2.97. The number of nitrogens with zero attached hydrogens (tertiary/aromatic N) is 2. The Morgan fingerprint density at radius 1 is 0.628 bits per heavy atom. The predicted molar refractivity (Wildman–Crippen MR) is 155 cm³/mol. The number of amides is 5. The van der Waals surface area contributed by atoms with Gasteiger partial charge in [0.05, 0.1) is 40.6 Å². The Morgan fingerprint density at radius 3 is 1.44 bits per heavy atom. The smallest absolute Gasteiger partial charge is 0.252 e. The summed E-state index contributed by atoms with van der Waals surface area (Å²) in [5.74, 6) is -8.22. The SMILES string of the molecule is CC(=O)C1=CC2(NC(=O)c3ccccc3)C3C(=O)N(c4ccccc4)C(=O)C3C1(C)C1C(=O)N(c3ccccc3)C(=O)C12. The van der Waals surface area contributed by atoms with Crippen molar-refractivity contribution in [3.8, 4) is 0 Å². The van der Waals surface area contributed by atoms with Crippen molar-refractivity contribution in [2.24, 2.45) is 29.1 Å². The Morgan fingerprint density at radius 2 is 1.02 bits per heavy atom. The molecular formula is C34H27N3O6. The Labute approximate surface area is 247 Å². The molecule has 1 N–H and O–H groups in total. The number of rotatable bonds is 5. The van der Waals surface area contributed by atoms with Crippen LogP contribution in [0.15, 0.2) is 103 Å². The highest BCUT2D eigenvalue weighted by molar-refractivity contribution is 6.28. The molecule has 9 heteroatoms. The van der Waals surface area contributed by atoms with Gasteiger partial charge in [0.15, 0.2) is 5.78 Å². The van der Waals surface area contributed by atoms with Crippen LogP contribution in [-0.4, -0.2) is 40.9 Å². The second kappa shape index (κ2) is 9.16. The van der Waals surface area contributed by atoms with Gasteiger partial charge in [0, 0.05) is 16.6 Å². The molecule has 3 aromatic carbocycles. The summed E-state index contributed by atoms with van der Waals surface area (Å²) in [6, 6.07) is 25.1. The fourth-order valence-corrected chi connectivity index (χ4v) is 8.00. The van der Waals surface area contributed by atoms with Gasteiger partial charge in [-0.3, -0.25) is 28.8 Å². The van der Waals surface area contributed by atoms with E-state index < -0.39 is 69.9 Å². The van der Waals surface area contributed by atoms with Gasteiger partial charge in [-0.2, -0.15) is 0 Å². The van der Waals surface area contributed by atoms with Crippen LogP contribution in [0.5, 0.6) is 0 Å². The third kappa shape index (κ3) is 3.39. The quantitative estimate of drug-likeness (QED) is 0.468. The highest BCUT2D eigenvalue weighted by atomic mass is 16.2. The van der Waals surface area contributed by atoms with Gasteiger partial charge in [-0.05, 0) is 43.3 Å². The average molecular weight is 574 g/mol. The van der Waals surface area contributed by atoms with Crippen LogP contribution in [0, 0.1) is 29.1 Å². The van der Waals surface area contributed by atoms with Gasteiger partial charge in [0.2, 0.25) is 23.6 Å². The van der Waals surface area contributed by atoms with Crippen molar-refractivity contribution in [1.29, 1.82) is 0 Å². The van der Waals surface area contributed by atoms with Crippen molar-refractivity contribution in [2.45, 2.75) is 19.4 Å². The second-order valence-corrected chi connectivity index (χ2v) is 11.8. The fourth-order valence-electron chi connectivity index (χ4n) is 8.00. The van der Waals surface area contributed by atoms with Crippen LogP contribution < -0.4 is 15.1 Å². The average Bonchev–Trinajstić information content (AvgIpc) is 3.46. The molecule has 8 rings (SSSR count). The number of anilines is 2. The van der Waals surface area contributed by atoms with Gasteiger partial charge in [0.25, 0.3) is 5.91 Å². The first-order valence-electron chi connectivity index (χ1n) is 14.1. The van der Waals surface area contributed by atoms with Gasteiger partial charge in [-0.25, -0.2) is 9.80 Å². The molecule has 5 aliphatic rings. The summed E-state index contributed by atoms with van der Waals surface area (Å²) in [4.78, 5) is 87.0. The normalized spacial score (nSPS) is 30.7. The first-order chi connectivity index (χ1) is 20.6. The van der Waals surface area contributed by atoms with E-state index in [0.29, 0.717) is 11.4 Å². The molecular weight excluding hydrogens is 546 g/mol. The number of para-hydroxylation sites is 2. The molecule has 0 radical (unpaired) electrons. The van der Waals surface area contributed by atoms with Crippen LogP contribution in [-0.2, 0) is 24.0 Å². The second-order valence-electron chi connectivity index (χ2n) is 11.8.